The van der Waals surface area contributed by atoms with E-state index >= 15 is 0 Å². The highest BCUT2D eigenvalue weighted by molar-refractivity contribution is 7.14. The smallest absolute Gasteiger partial charge is 0.173 e. The van der Waals surface area contributed by atoms with Crippen molar-refractivity contribution in [1.29, 1.82) is 0 Å². The molecule has 1 fully saturated rings. The van der Waals surface area contributed by atoms with Crippen molar-refractivity contribution < 1.29 is 4.79 Å². The number of hydrogen-bond donors (Lipinski definition) is 0. The summed E-state index contributed by atoms with van der Waals surface area (Å²) < 4.78 is 0. The average molecular weight is 236 g/mol. The minimum atomic E-state index is 0.377. The molecule has 2 rings (SSSR count). The highest BCUT2D eigenvalue weighted by Gasteiger charge is 2.20. The van der Waals surface area contributed by atoms with Crippen LogP contribution in [0.1, 0.15) is 58.6 Å². The Morgan fingerprint density at radius 3 is 2.56 bits per heavy atom. The monoisotopic (exact) mass is 236 g/mol. The minimum absolute atomic E-state index is 0.377. The molecule has 0 saturated heterocycles. The van der Waals surface area contributed by atoms with Gasteiger partial charge in [0.2, 0.25) is 0 Å². The summed E-state index contributed by atoms with van der Waals surface area (Å²) in [6.07, 6.45) is 7.30. The molecule has 0 spiro atoms. The number of ketones is 1. The zero-order valence-electron chi connectivity index (χ0n) is 10.2. The molecule has 0 atom stereocenters. The molecule has 1 aromatic rings. The van der Waals surface area contributed by atoms with Crippen LogP contribution < -0.4 is 0 Å². The van der Waals surface area contributed by atoms with E-state index in [1.54, 1.807) is 11.3 Å². The van der Waals surface area contributed by atoms with Crippen LogP contribution in [0.4, 0.5) is 0 Å². The average Bonchev–Trinajstić information content (AvgIpc) is 2.59. The number of hydrogen-bond acceptors (Lipinski definition) is 2. The number of aryl methyl sites for hydroxylation is 2. The number of carbonyl (C=O) groups excluding carboxylic acids is 1. The summed E-state index contributed by atoms with van der Waals surface area (Å²) in [5.41, 5.74) is 1.17. The second-order valence-electron chi connectivity index (χ2n) is 5.00. The molecule has 16 heavy (non-hydrogen) atoms. The highest BCUT2D eigenvalue weighted by atomic mass is 32.1. The molecule has 1 aliphatic carbocycles. The first-order valence-corrected chi connectivity index (χ1v) is 7.08. The normalized spacial score (nSPS) is 17.6. The fourth-order valence-electron chi connectivity index (χ4n) is 2.66. The molecular formula is C14H20OS. The number of rotatable bonds is 3. The van der Waals surface area contributed by atoms with Gasteiger partial charge in [0.05, 0.1) is 4.88 Å². The van der Waals surface area contributed by atoms with Crippen molar-refractivity contribution in [2.24, 2.45) is 5.92 Å². The van der Waals surface area contributed by atoms with Crippen molar-refractivity contribution in [3.05, 3.63) is 21.4 Å². The third kappa shape index (κ3) is 2.73. The number of carbonyl (C=O) groups is 1. The number of thiophene rings is 1. The second-order valence-corrected chi connectivity index (χ2v) is 6.26. The third-order valence-electron chi connectivity index (χ3n) is 3.49. The van der Waals surface area contributed by atoms with E-state index in [0.717, 1.165) is 11.3 Å². The number of Topliss-reactive ketones (excluding diaryl/α,β-unsaturated/α-hetero) is 1. The molecule has 1 saturated carbocycles. The van der Waals surface area contributed by atoms with Gasteiger partial charge in [-0.3, -0.25) is 4.79 Å². The molecule has 0 amide bonds. The van der Waals surface area contributed by atoms with E-state index in [2.05, 4.69) is 19.9 Å². The summed E-state index contributed by atoms with van der Waals surface area (Å²) in [6, 6.07) is 2.12. The van der Waals surface area contributed by atoms with Gasteiger partial charge in [0.25, 0.3) is 0 Å². The molecular weight excluding hydrogens is 216 g/mol. The standard InChI is InChI=1S/C14H20OS/c1-10-8-11(2)16-14(10)13(15)9-12-6-4-3-5-7-12/h8,12H,3-7,9H2,1-2H3. The van der Waals surface area contributed by atoms with Crippen LogP contribution in [0, 0.1) is 19.8 Å². The summed E-state index contributed by atoms with van der Waals surface area (Å²) in [6.45, 7) is 4.13. The van der Waals surface area contributed by atoms with Crippen LogP contribution in [0.15, 0.2) is 6.07 Å². The van der Waals surface area contributed by atoms with E-state index in [1.807, 2.05) is 0 Å². The van der Waals surface area contributed by atoms with Gasteiger partial charge in [0, 0.05) is 11.3 Å². The molecule has 88 valence electrons. The van der Waals surface area contributed by atoms with Crippen molar-refractivity contribution in [3.8, 4) is 0 Å². The summed E-state index contributed by atoms with van der Waals surface area (Å²) in [7, 11) is 0. The molecule has 0 aromatic carbocycles. The highest BCUT2D eigenvalue weighted by Crippen LogP contribution is 2.30. The van der Waals surface area contributed by atoms with E-state index in [-0.39, 0.29) is 0 Å². The molecule has 0 N–H and O–H groups in total. The van der Waals surface area contributed by atoms with E-state index in [4.69, 9.17) is 0 Å². The Bertz CT molecular complexity index is 372. The lowest BCUT2D eigenvalue weighted by Crippen LogP contribution is -2.11. The SMILES string of the molecule is Cc1cc(C)c(C(=O)CC2CCCCC2)s1. The Kier molecular flexibility index (Phi) is 3.80. The van der Waals surface area contributed by atoms with Crippen LogP contribution in [-0.4, -0.2) is 5.78 Å². The Morgan fingerprint density at radius 1 is 1.31 bits per heavy atom. The second kappa shape index (κ2) is 5.13. The predicted octanol–water partition coefficient (Wildman–Crippen LogP) is 4.52. The summed E-state index contributed by atoms with van der Waals surface area (Å²) in [4.78, 5) is 14.4. The predicted molar refractivity (Wildman–Crippen MR) is 69.3 cm³/mol. The van der Waals surface area contributed by atoms with E-state index in [1.165, 1.54) is 42.5 Å². The summed E-state index contributed by atoms with van der Waals surface area (Å²) in [5, 5.41) is 0. The molecule has 1 aliphatic rings. The van der Waals surface area contributed by atoms with Crippen molar-refractivity contribution in [2.45, 2.75) is 52.4 Å². The van der Waals surface area contributed by atoms with Gasteiger partial charge in [-0.15, -0.1) is 11.3 Å². The fourth-order valence-corrected chi connectivity index (χ4v) is 3.64. The van der Waals surface area contributed by atoms with E-state index in [0.29, 0.717) is 11.7 Å². The molecule has 0 unspecified atom stereocenters. The first kappa shape index (κ1) is 11.8. The lowest BCUT2D eigenvalue weighted by molar-refractivity contribution is 0.0953. The van der Waals surface area contributed by atoms with Crippen LogP contribution >= 0.6 is 11.3 Å². The van der Waals surface area contributed by atoms with Gasteiger partial charge >= 0.3 is 0 Å². The van der Waals surface area contributed by atoms with Gasteiger partial charge in [0.15, 0.2) is 5.78 Å². The van der Waals surface area contributed by atoms with Crippen LogP contribution in [0.25, 0.3) is 0 Å². The molecule has 1 aromatic heterocycles. The summed E-state index contributed by atoms with van der Waals surface area (Å²) >= 11 is 1.66. The zero-order valence-corrected chi connectivity index (χ0v) is 11.0. The first-order valence-electron chi connectivity index (χ1n) is 6.27. The van der Waals surface area contributed by atoms with E-state index in [9.17, 15) is 4.79 Å². The topological polar surface area (TPSA) is 17.1 Å². The Labute approximate surface area is 102 Å². The molecule has 0 bridgehead atoms. The van der Waals surface area contributed by atoms with Crippen LogP contribution in [0.2, 0.25) is 0 Å². The van der Waals surface area contributed by atoms with Crippen molar-refractivity contribution >= 4 is 17.1 Å². The Hall–Kier alpha value is -0.630. The van der Waals surface area contributed by atoms with Gasteiger partial charge < -0.3 is 0 Å². The van der Waals surface area contributed by atoms with Gasteiger partial charge in [-0.1, -0.05) is 32.1 Å². The fraction of sp³-hybridized carbons (Fsp3) is 0.643. The van der Waals surface area contributed by atoms with Crippen molar-refractivity contribution in [3.63, 3.8) is 0 Å². The van der Waals surface area contributed by atoms with Crippen LogP contribution in [0.3, 0.4) is 0 Å². The third-order valence-corrected chi connectivity index (χ3v) is 4.69. The van der Waals surface area contributed by atoms with E-state index < -0.39 is 0 Å². The molecule has 1 nitrogen and oxygen atoms in total. The minimum Gasteiger partial charge on any atom is -0.293 e. The Balaban J connectivity index is 1.99. The van der Waals surface area contributed by atoms with Crippen LogP contribution in [-0.2, 0) is 0 Å². The first-order chi connectivity index (χ1) is 7.66. The Morgan fingerprint density at radius 2 is 2.00 bits per heavy atom. The molecule has 0 aliphatic heterocycles. The largest absolute Gasteiger partial charge is 0.293 e. The van der Waals surface area contributed by atoms with Crippen LogP contribution in [0.5, 0.6) is 0 Å². The molecule has 2 heteroatoms. The maximum Gasteiger partial charge on any atom is 0.173 e. The van der Waals surface area contributed by atoms with Gasteiger partial charge in [-0.2, -0.15) is 0 Å². The zero-order chi connectivity index (χ0) is 11.5. The van der Waals surface area contributed by atoms with Gasteiger partial charge in [-0.25, -0.2) is 0 Å². The summed E-state index contributed by atoms with van der Waals surface area (Å²) in [5.74, 6) is 1.03. The lowest BCUT2D eigenvalue weighted by atomic mass is 9.85. The van der Waals surface area contributed by atoms with Crippen molar-refractivity contribution in [1.82, 2.24) is 0 Å². The maximum absolute atomic E-state index is 12.2. The van der Waals surface area contributed by atoms with Crippen molar-refractivity contribution in [2.75, 3.05) is 0 Å². The molecule has 1 heterocycles. The van der Waals surface area contributed by atoms with Gasteiger partial charge in [0.1, 0.15) is 0 Å². The maximum atomic E-state index is 12.2. The molecule has 0 radical (unpaired) electrons. The lowest BCUT2D eigenvalue weighted by Gasteiger charge is -2.20. The van der Waals surface area contributed by atoms with Gasteiger partial charge in [-0.05, 0) is 31.4 Å². The quantitative estimate of drug-likeness (QED) is 0.705.